The number of carbonyl (C=O) groups is 2. The minimum Gasteiger partial charge on any atom is -0.351 e. The van der Waals surface area contributed by atoms with Crippen molar-refractivity contribution in [2.45, 2.75) is 25.4 Å². The number of likely N-dealkylation sites (tertiary alicyclic amines) is 1. The number of hydrogen-bond acceptors (Lipinski definition) is 2. The molecule has 0 aliphatic carbocycles. The van der Waals surface area contributed by atoms with Crippen LogP contribution < -0.4 is 5.32 Å². The maximum atomic E-state index is 13.2. The third-order valence-electron chi connectivity index (χ3n) is 4.12. The first-order valence-corrected chi connectivity index (χ1v) is 8.05. The van der Waals surface area contributed by atoms with Crippen molar-refractivity contribution in [3.63, 3.8) is 0 Å². The van der Waals surface area contributed by atoms with Crippen molar-refractivity contribution in [1.82, 2.24) is 10.2 Å². The van der Waals surface area contributed by atoms with Gasteiger partial charge in [0.05, 0.1) is 12.5 Å². The van der Waals surface area contributed by atoms with E-state index in [1.54, 1.807) is 29.2 Å². The zero-order valence-electron chi connectivity index (χ0n) is 13.5. The zero-order valence-corrected chi connectivity index (χ0v) is 13.5. The van der Waals surface area contributed by atoms with Crippen molar-refractivity contribution in [3.05, 3.63) is 71.3 Å². The van der Waals surface area contributed by atoms with Crippen LogP contribution in [0.1, 0.15) is 17.5 Å². The quantitative estimate of drug-likeness (QED) is 0.906. The van der Waals surface area contributed by atoms with Gasteiger partial charge < -0.3 is 10.2 Å². The Morgan fingerprint density at radius 1 is 1.08 bits per heavy atom. The van der Waals surface area contributed by atoms with E-state index in [0.717, 1.165) is 0 Å². The highest BCUT2D eigenvalue weighted by atomic mass is 19.1. The third kappa shape index (κ3) is 4.62. The number of benzene rings is 2. The fourth-order valence-corrected chi connectivity index (χ4v) is 2.94. The lowest BCUT2D eigenvalue weighted by Crippen LogP contribution is -2.37. The number of hydrogen-bond donors (Lipinski definition) is 1. The van der Waals surface area contributed by atoms with Crippen molar-refractivity contribution < 1.29 is 18.4 Å². The minimum atomic E-state index is -0.349. The maximum Gasteiger partial charge on any atom is 0.225 e. The summed E-state index contributed by atoms with van der Waals surface area (Å²) < 4.78 is 26.1. The molecule has 6 heteroatoms. The first-order chi connectivity index (χ1) is 12.0. The van der Waals surface area contributed by atoms with Crippen LogP contribution in [0.3, 0.4) is 0 Å². The van der Waals surface area contributed by atoms with Gasteiger partial charge in [-0.1, -0.05) is 24.3 Å². The molecular formula is C19H18F2N2O2. The van der Waals surface area contributed by atoms with Gasteiger partial charge in [-0.25, -0.2) is 8.78 Å². The Morgan fingerprint density at radius 3 is 2.56 bits per heavy atom. The molecule has 0 unspecified atom stereocenters. The Balaban J connectivity index is 1.53. The predicted octanol–water partition coefficient (Wildman–Crippen LogP) is 2.42. The molecule has 0 aromatic heterocycles. The summed E-state index contributed by atoms with van der Waals surface area (Å²) in [7, 11) is 0. The molecule has 1 aliphatic heterocycles. The second-order valence-electron chi connectivity index (χ2n) is 6.18. The van der Waals surface area contributed by atoms with E-state index in [2.05, 4.69) is 5.32 Å². The summed E-state index contributed by atoms with van der Waals surface area (Å²) in [5.41, 5.74) is 1.42. The molecule has 0 radical (unpaired) electrons. The second kappa shape index (κ2) is 7.42. The number of halogens is 2. The van der Waals surface area contributed by atoms with Gasteiger partial charge in [-0.2, -0.15) is 0 Å². The second-order valence-corrected chi connectivity index (χ2v) is 6.18. The molecule has 25 heavy (non-hydrogen) atoms. The Labute approximate surface area is 144 Å². The van der Waals surface area contributed by atoms with Gasteiger partial charge in [-0.15, -0.1) is 0 Å². The fourth-order valence-electron chi connectivity index (χ4n) is 2.94. The van der Waals surface area contributed by atoms with Crippen LogP contribution in [0.4, 0.5) is 8.78 Å². The average molecular weight is 344 g/mol. The lowest BCUT2D eigenvalue weighted by Gasteiger charge is -2.17. The molecule has 3 rings (SSSR count). The molecule has 2 amide bonds. The van der Waals surface area contributed by atoms with Crippen LogP contribution in [0.25, 0.3) is 0 Å². The number of amides is 2. The van der Waals surface area contributed by atoms with Gasteiger partial charge in [0.25, 0.3) is 0 Å². The molecule has 1 saturated heterocycles. The van der Waals surface area contributed by atoms with Crippen molar-refractivity contribution in [1.29, 1.82) is 0 Å². The Kier molecular flexibility index (Phi) is 5.07. The molecule has 2 aromatic carbocycles. The highest BCUT2D eigenvalue weighted by Crippen LogP contribution is 2.16. The molecule has 4 nitrogen and oxygen atoms in total. The molecule has 2 aromatic rings. The molecule has 130 valence electrons. The van der Waals surface area contributed by atoms with Crippen LogP contribution >= 0.6 is 0 Å². The van der Waals surface area contributed by atoms with Crippen LogP contribution in [-0.4, -0.2) is 29.3 Å². The van der Waals surface area contributed by atoms with Crippen LogP contribution in [0.2, 0.25) is 0 Å². The standard InChI is InChI=1S/C19H18F2N2O2/c20-15-6-4-13(5-7-15)9-18(24)22-17-10-19(25)23(12-17)11-14-2-1-3-16(21)8-14/h1-8,17H,9-12H2,(H,22,24)/t17-/m0/s1. The number of nitrogens with zero attached hydrogens (tertiary/aromatic N) is 1. The summed E-state index contributed by atoms with van der Waals surface area (Å²) in [6.45, 7) is 0.714. The van der Waals surface area contributed by atoms with Crippen molar-refractivity contribution in [2.24, 2.45) is 0 Å². The predicted molar refractivity (Wildman–Crippen MR) is 88.5 cm³/mol. The number of carbonyl (C=O) groups excluding carboxylic acids is 2. The van der Waals surface area contributed by atoms with Crippen LogP contribution in [0.5, 0.6) is 0 Å². The maximum absolute atomic E-state index is 13.2. The molecule has 1 aliphatic rings. The average Bonchev–Trinajstić information content (AvgIpc) is 2.89. The molecule has 1 atom stereocenters. The normalized spacial score (nSPS) is 17.0. The van der Waals surface area contributed by atoms with Crippen LogP contribution in [0.15, 0.2) is 48.5 Å². The van der Waals surface area contributed by atoms with Gasteiger partial charge in [-0.3, -0.25) is 9.59 Å². The van der Waals surface area contributed by atoms with Gasteiger partial charge >= 0.3 is 0 Å². The molecule has 0 bridgehead atoms. The van der Waals surface area contributed by atoms with Gasteiger partial charge in [0.1, 0.15) is 11.6 Å². The van der Waals surface area contributed by atoms with E-state index >= 15 is 0 Å². The van der Waals surface area contributed by atoms with Crippen LogP contribution in [0, 0.1) is 11.6 Å². The van der Waals surface area contributed by atoms with E-state index < -0.39 is 0 Å². The fraction of sp³-hybridized carbons (Fsp3) is 0.263. The van der Waals surface area contributed by atoms with Crippen molar-refractivity contribution >= 4 is 11.8 Å². The Bertz CT molecular complexity index is 777. The summed E-state index contributed by atoms with van der Waals surface area (Å²) in [5.74, 6) is -0.972. The van der Waals surface area contributed by atoms with E-state index in [9.17, 15) is 18.4 Å². The smallest absolute Gasteiger partial charge is 0.225 e. The summed E-state index contributed by atoms with van der Waals surface area (Å²) >= 11 is 0. The van der Waals surface area contributed by atoms with E-state index in [1.807, 2.05) is 0 Å². The van der Waals surface area contributed by atoms with Crippen molar-refractivity contribution in [2.75, 3.05) is 6.54 Å². The van der Waals surface area contributed by atoms with Gasteiger partial charge in [0.15, 0.2) is 0 Å². The van der Waals surface area contributed by atoms with E-state index in [-0.39, 0.29) is 42.3 Å². The highest BCUT2D eigenvalue weighted by molar-refractivity contribution is 5.83. The summed E-state index contributed by atoms with van der Waals surface area (Å²) in [6.07, 6.45) is 0.360. The Morgan fingerprint density at radius 2 is 1.84 bits per heavy atom. The van der Waals surface area contributed by atoms with Crippen molar-refractivity contribution in [3.8, 4) is 0 Å². The lowest BCUT2D eigenvalue weighted by atomic mass is 10.1. The van der Waals surface area contributed by atoms with E-state index in [1.165, 1.54) is 24.3 Å². The topological polar surface area (TPSA) is 49.4 Å². The molecule has 0 saturated carbocycles. The zero-order chi connectivity index (χ0) is 17.8. The van der Waals surface area contributed by atoms with Crippen LogP contribution in [-0.2, 0) is 22.6 Å². The monoisotopic (exact) mass is 344 g/mol. The third-order valence-corrected chi connectivity index (χ3v) is 4.12. The molecule has 0 spiro atoms. The summed E-state index contributed by atoms with van der Waals surface area (Å²) in [4.78, 5) is 25.8. The molecule has 1 fully saturated rings. The number of nitrogens with one attached hydrogen (secondary N) is 1. The summed E-state index contributed by atoms with van der Waals surface area (Å²) in [6, 6.07) is 11.6. The van der Waals surface area contributed by atoms with Gasteiger partial charge in [0, 0.05) is 19.5 Å². The highest BCUT2D eigenvalue weighted by Gasteiger charge is 2.30. The first-order valence-electron chi connectivity index (χ1n) is 8.05. The molecule has 1 N–H and O–H groups in total. The van der Waals surface area contributed by atoms with E-state index in [0.29, 0.717) is 24.2 Å². The Hall–Kier alpha value is -2.76. The largest absolute Gasteiger partial charge is 0.351 e. The molecular weight excluding hydrogens is 326 g/mol. The summed E-state index contributed by atoms with van der Waals surface area (Å²) in [5, 5.41) is 2.83. The van der Waals surface area contributed by atoms with E-state index in [4.69, 9.17) is 0 Å². The minimum absolute atomic E-state index is 0.0728. The van der Waals surface area contributed by atoms with Gasteiger partial charge in [-0.05, 0) is 35.4 Å². The SMILES string of the molecule is O=C(Cc1ccc(F)cc1)N[C@H]1CC(=O)N(Cc2cccc(F)c2)C1. The first kappa shape index (κ1) is 17.1. The molecule has 1 heterocycles. The van der Waals surface area contributed by atoms with Gasteiger partial charge in [0.2, 0.25) is 11.8 Å². The number of rotatable bonds is 5. The lowest BCUT2D eigenvalue weighted by molar-refractivity contribution is -0.128.